The maximum absolute atomic E-state index is 12.8. The number of para-hydroxylation sites is 1. The normalized spacial score (nSPS) is 16.0. The molecule has 0 spiro atoms. The first-order valence-corrected chi connectivity index (χ1v) is 7.77. The number of fused-ring (bicyclic) bond motifs is 1. The highest BCUT2D eigenvalue weighted by molar-refractivity contribution is 9.10. The van der Waals surface area contributed by atoms with Crippen molar-refractivity contribution in [3.8, 4) is 0 Å². The van der Waals surface area contributed by atoms with Crippen LogP contribution in [0.1, 0.15) is 16.8 Å². The largest absolute Gasteiger partial charge is 0.337 e. The van der Waals surface area contributed by atoms with E-state index in [2.05, 4.69) is 26.2 Å². The van der Waals surface area contributed by atoms with E-state index in [0.29, 0.717) is 24.2 Å². The summed E-state index contributed by atoms with van der Waals surface area (Å²) in [5.41, 5.74) is 0.879. The quantitative estimate of drug-likeness (QED) is 0.823. The molecule has 3 rings (SSSR count). The highest BCUT2D eigenvalue weighted by Gasteiger charge is 2.20. The molecule has 5 nitrogen and oxygen atoms in total. The van der Waals surface area contributed by atoms with Gasteiger partial charge in [-0.3, -0.25) is 9.59 Å². The lowest BCUT2D eigenvalue weighted by atomic mass is 10.1. The van der Waals surface area contributed by atoms with Gasteiger partial charge >= 0.3 is 0 Å². The first-order chi connectivity index (χ1) is 10.2. The van der Waals surface area contributed by atoms with Gasteiger partial charge in [0, 0.05) is 35.6 Å². The number of aromatic nitrogens is 1. The van der Waals surface area contributed by atoms with Crippen LogP contribution in [0.15, 0.2) is 33.5 Å². The van der Waals surface area contributed by atoms with Crippen LogP contribution in [0.25, 0.3) is 10.9 Å². The third kappa shape index (κ3) is 2.87. The Morgan fingerprint density at radius 2 is 2.10 bits per heavy atom. The molecule has 110 valence electrons. The molecule has 1 amide bonds. The van der Waals surface area contributed by atoms with Gasteiger partial charge in [-0.1, -0.05) is 12.1 Å². The Hall–Kier alpha value is -1.66. The van der Waals surface area contributed by atoms with Gasteiger partial charge in [0.15, 0.2) is 0 Å². The third-order valence-corrected chi connectivity index (χ3v) is 4.35. The SMILES string of the molecule is O=C(c1cc(=O)[nH]c2c(Br)cccc12)N1CCCNCC1. The number of hydrogen-bond donors (Lipinski definition) is 2. The number of pyridine rings is 1. The second-order valence-electron chi connectivity index (χ2n) is 5.11. The van der Waals surface area contributed by atoms with Crippen molar-refractivity contribution in [2.24, 2.45) is 0 Å². The average Bonchev–Trinajstić information content (AvgIpc) is 2.76. The number of carbonyl (C=O) groups is 1. The molecule has 2 aromatic rings. The molecule has 0 atom stereocenters. The first kappa shape index (κ1) is 14.3. The van der Waals surface area contributed by atoms with Crippen molar-refractivity contribution >= 4 is 32.7 Å². The standard InChI is InChI=1S/C15H16BrN3O2/c16-12-4-1-3-10-11(9-13(20)18-14(10)12)15(21)19-7-2-5-17-6-8-19/h1,3-4,9,17H,2,5-8H2,(H,18,20). The van der Waals surface area contributed by atoms with Gasteiger partial charge < -0.3 is 15.2 Å². The molecule has 2 N–H and O–H groups in total. The predicted octanol–water partition coefficient (Wildman–Crippen LogP) is 1.73. The summed E-state index contributed by atoms with van der Waals surface area (Å²) in [6.45, 7) is 3.09. The summed E-state index contributed by atoms with van der Waals surface area (Å²) in [7, 11) is 0. The van der Waals surface area contributed by atoms with E-state index >= 15 is 0 Å². The third-order valence-electron chi connectivity index (χ3n) is 3.69. The molecular formula is C15H16BrN3O2. The second-order valence-corrected chi connectivity index (χ2v) is 5.96. The molecule has 1 aliphatic heterocycles. The Morgan fingerprint density at radius 1 is 1.24 bits per heavy atom. The lowest BCUT2D eigenvalue weighted by Crippen LogP contribution is -2.34. The van der Waals surface area contributed by atoms with Crippen LogP contribution in [0.3, 0.4) is 0 Å². The second kappa shape index (κ2) is 5.99. The summed E-state index contributed by atoms with van der Waals surface area (Å²) in [4.78, 5) is 29.2. The zero-order valence-electron chi connectivity index (χ0n) is 11.5. The van der Waals surface area contributed by atoms with Crippen LogP contribution in [-0.2, 0) is 0 Å². The number of halogens is 1. The summed E-state index contributed by atoms with van der Waals surface area (Å²) in [5.74, 6) is -0.0760. The van der Waals surface area contributed by atoms with Crippen LogP contribution in [0.5, 0.6) is 0 Å². The van der Waals surface area contributed by atoms with E-state index in [1.807, 2.05) is 23.1 Å². The Bertz CT molecular complexity index is 733. The van der Waals surface area contributed by atoms with E-state index in [9.17, 15) is 9.59 Å². The van der Waals surface area contributed by atoms with Crippen molar-refractivity contribution in [1.29, 1.82) is 0 Å². The molecular weight excluding hydrogens is 334 g/mol. The topological polar surface area (TPSA) is 65.2 Å². The van der Waals surface area contributed by atoms with E-state index in [-0.39, 0.29) is 11.5 Å². The molecule has 0 bridgehead atoms. The summed E-state index contributed by atoms with van der Waals surface area (Å²) >= 11 is 3.42. The molecule has 1 aromatic heterocycles. The lowest BCUT2D eigenvalue weighted by Gasteiger charge is -2.20. The number of H-pyrrole nitrogens is 1. The number of nitrogens with zero attached hydrogens (tertiary/aromatic N) is 1. The molecule has 1 aliphatic rings. The molecule has 2 heterocycles. The van der Waals surface area contributed by atoms with E-state index < -0.39 is 0 Å². The number of rotatable bonds is 1. The lowest BCUT2D eigenvalue weighted by molar-refractivity contribution is 0.0768. The number of benzene rings is 1. The fourth-order valence-corrected chi connectivity index (χ4v) is 3.11. The van der Waals surface area contributed by atoms with Crippen molar-refractivity contribution in [3.05, 3.63) is 44.7 Å². The average molecular weight is 350 g/mol. The number of hydrogen-bond acceptors (Lipinski definition) is 3. The fourth-order valence-electron chi connectivity index (χ4n) is 2.64. The minimum absolute atomic E-state index is 0.0760. The number of amides is 1. The molecule has 1 saturated heterocycles. The van der Waals surface area contributed by atoms with Gasteiger partial charge in [-0.2, -0.15) is 0 Å². The summed E-state index contributed by atoms with van der Waals surface area (Å²) < 4.78 is 0.782. The molecule has 21 heavy (non-hydrogen) atoms. The fraction of sp³-hybridized carbons (Fsp3) is 0.333. The smallest absolute Gasteiger partial charge is 0.254 e. The van der Waals surface area contributed by atoms with Gasteiger partial charge in [-0.05, 0) is 35.0 Å². The highest BCUT2D eigenvalue weighted by atomic mass is 79.9. The predicted molar refractivity (Wildman–Crippen MR) is 85.7 cm³/mol. The Balaban J connectivity index is 2.08. The van der Waals surface area contributed by atoms with Crippen molar-refractivity contribution in [2.75, 3.05) is 26.2 Å². The van der Waals surface area contributed by atoms with E-state index in [1.54, 1.807) is 0 Å². The molecule has 0 saturated carbocycles. The summed E-state index contributed by atoms with van der Waals surface area (Å²) in [5, 5.41) is 4.04. The minimum atomic E-state index is -0.259. The van der Waals surface area contributed by atoms with Crippen LogP contribution >= 0.6 is 15.9 Å². The van der Waals surface area contributed by atoms with Gasteiger partial charge in [-0.15, -0.1) is 0 Å². The molecule has 0 radical (unpaired) electrons. The van der Waals surface area contributed by atoms with Gasteiger partial charge in [-0.25, -0.2) is 0 Å². The van der Waals surface area contributed by atoms with Gasteiger partial charge in [0.1, 0.15) is 0 Å². The maximum Gasteiger partial charge on any atom is 0.254 e. The van der Waals surface area contributed by atoms with Gasteiger partial charge in [0.2, 0.25) is 5.56 Å². The monoisotopic (exact) mass is 349 g/mol. The van der Waals surface area contributed by atoms with Crippen LogP contribution in [0, 0.1) is 0 Å². The van der Waals surface area contributed by atoms with Crippen LogP contribution in [0.4, 0.5) is 0 Å². The molecule has 0 aliphatic carbocycles. The zero-order chi connectivity index (χ0) is 14.8. The summed E-state index contributed by atoms with van der Waals surface area (Å²) in [6, 6.07) is 6.97. The Labute approximate surface area is 130 Å². The van der Waals surface area contributed by atoms with Gasteiger partial charge in [0.25, 0.3) is 5.91 Å². The Morgan fingerprint density at radius 3 is 2.95 bits per heavy atom. The number of carbonyl (C=O) groups excluding carboxylic acids is 1. The van der Waals surface area contributed by atoms with Crippen molar-refractivity contribution in [1.82, 2.24) is 15.2 Å². The molecule has 1 fully saturated rings. The van der Waals surface area contributed by atoms with Crippen molar-refractivity contribution < 1.29 is 4.79 Å². The summed E-state index contributed by atoms with van der Waals surface area (Å²) in [6.07, 6.45) is 0.927. The first-order valence-electron chi connectivity index (χ1n) is 6.98. The highest BCUT2D eigenvalue weighted by Crippen LogP contribution is 2.24. The van der Waals surface area contributed by atoms with Crippen molar-refractivity contribution in [3.63, 3.8) is 0 Å². The molecule has 6 heteroatoms. The van der Waals surface area contributed by atoms with E-state index in [4.69, 9.17) is 0 Å². The molecule has 1 aromatic carbocycles. The van der Waals surface area contributed by atoms with E-state index in [0.717, 1.165) is 29.4 Å². The minimum Gasteiger partial charge on any atom is -0.337 e. The van der Waals surface area contributed by atoms with Crippen LogP contribution < -0.4 is 10.9 Å². The van der Waals surface area contributed by atoms with Gasteiger partial charge in [0.05, 0.1) is 11.1 Å². The maximum atomic E-state index is 12.8. The number of nitrogens with one attached hydrogen (secondary N) is 2. The van der Waals surface area contributed by atoms with Crippen LogP contribution in [-0.4, -0.2) is 42.0 Å². The molecule has 0 unspecified atom stereocenters. The Kier molecular flexibility index (Phi) is 4.07. The van der Waals surface area contributed by atoms with Crippen molar-refractivity contribution in [2.45, 2.75) is 6.42 Å². The van der Waals surface area contributed by atoms with Crippen LogP contribution in [0.2, 0.25) is 0 Å². The number of aromatic amines is 1. The van der Waals surface area contributed by atoms with E-state index in [1.165, 1.54) is 6.07 Å². The zero-order valence-corrected chi connectivity index (χ0v) is 13.1.